The lowest BCUT2D eigenvalue weighted by Crippen LogP contribution is -2.18. The molecule has 0 unspecified atom stereocenters. The van der Waals surface area contributed by atoms with Crippen molar-refractivity contribution in [3.05, 3.63) is 45.7 Å². The van der Waals surface area contributed by atoms with E-state index in [-0.39, 0.29) is 17.7 Å². The van der Waals surface area contributed by atoms with Crippen molar-refractivity contribution >= 4 is 46.6 Å². The summed E-state index contributed by atoms with van der Waals surface area (Å²) < 4.78 is 6.35. The van der Waals surface area contributed by atoms with Crippen LogP contribution in [0.1, 0.15) is 23.0 Å². The Hall–Kier alpha value is -2.18. The first-order valence-electron chi connectivity index (χ1n) is 7.20. The molecule has 24 heavy (non-hydrogen) atoms. The van der Waals surface area contributed by atoms with Gasteiger partial charge in [-0.25, -0.2) is 4.79 Å². The number of benzene rings is 1. The van der Waals surface area contributed by atoms with E-state index in [1.165, 1.54) is 10.6 Å². The smallest absolute Gasteiger partial charge is 0.411 e. The van der Waals surface area contributed by atoms with Crippen molar-refractivity contribution < 1.29 is 14.3 Å². The number of carbonyl (C=O) groups is 2. The topological polar surface area (TPSA) is 72.4 Å². The van der Waals surface area contributed by atoms with Crippen molar-refractivity contribution in [1.82, 2.24) is 4.57 Å². The number of hydrogen-bond donors (Lipinski definition) is 2. The molecule has 0 spiro atoms. The number of carbonyl (C=O) groups excluding carboxylic acids is 2. The van der Waals surface area contributed by atoms with Gasteiger partial charge in [0.1, 0.15) is 10.8 Å². The first-order chi connectivity index (χ1) is 11.3. The average Bonchev–Trinajstić information content (AvgIpc) is 2.79. The van der Waals surface area contributed by atoms with Crippen molar-refractivity contribution in [1.29, 1.82) is 0 Å². The van der Waals surface area contributed by atoms with Crippen molar-refractivity contribution in [3.8, 4) is 0 Å². The minimum atomic E-state index is -0.551. The molecule has 0 aliphatic carbocycles. The zero-order chi connectivity index (χ0) is 17.9. The number of anilines is 2. The van der Waals surface area contributed by atoms with Crippen LogP contribution in [0.4, 0.5) is 16.2 Å². The zero-order valence-corrected chi connectivity index (χ0v) is 15.0. The standard InChI is InChI=1S/C16H17Cl2N3O3/c1-4-24-16(23)20-12-7-5-6-11(9(12)2)19-15(22)13-8-10(17)14(18)21(13)3/h5-8H,4H2,1-3H3,(H,19,22)(H,20,23). The number of halogens is 2. The number of rotatable bonds is 4. The van der Waals surface area contributed by atoms with E-state index in [1.54, 1.807) is 39.1 Å². The summed E-state index contributed by atoms with van der Waals surface area (Å²) in [6.07, 6.45) is -0.551. The molecule has 0 radical (unpaired) electrons. The van der Waals surface area contributed by atoms with Gasteiger partial charge in [-0.1, -0.05) is 29.3 Å². The molecule has 0 atom stereocenters. The quantitative estimate of drug-likeness (QED) is 0.835. The molecule has 0 aliphatic rings. The fourth-order valence-corrected chi connectivity index (χ4v) is 2.51. The summed E-state index contributed by atoms with van der Waals surface area (Å²) in [5, 5.41) is 6.01. The average molecular weight is 370 g/mol. The molecule has 8 heteroatoms. The van der Waals surface area contributed by atoms with E-state index in [2.05, 4.69) is 10.6 Å². The first kappa shape index (κ1) is 18.2. The minimum absolute atomic E-state index is 0.274. The fraction of sp³-hybridized carbons (Fsp3) is 0.250. The Labute approximate surface area is 149 Å². The summed E-state index contributed by atoms with van der Waals surface area (Å²) in [6, 6.07) is 6.66. The van der Waals surface area contributed by atoms with Crippen LogP contribution in [-0.4, -0.2) is 23.2 Å². The number of nitrogens with zero attached hydrogens (tertiary/aromatic N) is 1. The van der Waals surface area contributed by atoms with Gasteiger partial charge in [-0.3, -0.25) is 10.1 Å². The maximum atomic E-state index is 12.4. The number of aromatic nitrogens is 1. The summed E-state index contributed by atoms with van der Waals surface area (Å²) in [6.45, 7) is 3.78. The lowest BCUT2D eigenvalue weighted by Gasteiger charge is -2.13. The predicted molar refractivity (Wildman–Crippen MR) is 95.2 cm³/mol. The van der Waals surface area contributed by atoms with Gasteiger partial charge < -0.3 is 14.6 Å². The van der Waals surface area contributed by atoms with E-state index in [1.807, 2.05) is 0 Å². The second-order valence-electron chi connectivity index (χ2n) is 5.01. The van der Waals surface area contributed by atoms with Crippen LogP contribution >= 0.6 is 23.2 Å². The molecule has 0 saturated heterocycles. The molecule has 1 aromatic heterocycles. The largest absolute Gasteiger partial charge is 0.450 e. The maximum absolute atomic E-state index is 12.4. The van der Waals surface area contributed by atoms with E-state index in [0.717, 1.165) is 0 Å². The molecule has 2 rings (SSSR count). The number of hydrogen-bond acceptors (Lipinski definition) is 3. The molecule has 0 bridgehead atoms. The molecule has 2 aromatic rings. The monoisotopic (exact) mass is 369 g/mol. The van der Waals surface area contributed by atoms with E-state index in [4.69, 9.17) is 27.9 Å². The van der Waals surface area contributed by atoms with Crippen LogP contribution in [0.5, 0.6) is 0 Å². The number of amides is 2. The molecule has 1 heterocycles. The number of nitrogens with one attached hydrogen (secondary N) is 2. The third-order valence-electron chi connectivity index (χ3n) is 3.44. The normalized spacial score (nSPS) is 10.4. The Bertz CT molecular complexity index is 787. The van der Waals surface area contributed by atoms with Gasteiger partial charge in [-0.2, -0.15) is 0 Å². The SMILES string of the molecule is CCOC(=O)Nc1cccc(NC(=O)c2cc(Cl)c(Cl)n2C)c1C. The summed E-state index contributed by atoms with van der Waals surface area (Å²) in [7, 11) is 1.65. The van der Waals surface area contributed by atoms with Crippen LogP contribution in [0.15, 0.2) is 24.3 Å². The van der Waals surface area contributed by atoms with Crippen LogP contribution in [-0.2, 0) is 11.8 Å². The van der Waals surface area contributed by atoms with Crippen LogP contribution in [0, 0.1) is 6.92 Å². The lowest BCUT2D eigenvalue weighted by molar-refractivity contribution is 0.101. The van der Waals surface area contributed by atoms with E-state index in [0.29, 0.717) is 27.7 Å². The van der Waals surface area contributed by atoms with Gasteiger partial charge in [0.2, 0.25) is 0 Å². The maximum Gasteiger partial charge on any atom is 0.411 e. The van der Waals surface area contributed by atoms with Crippen molar-refractivity contribution in [2.45, 2.75) is 13.8 Å². The molecule has 1 aromatic carbocycles. The molecule has 0 saturated carbocycles. The van der Waals surface area contributed by atoms with Crippen LogP contribution in [0.2, 0.25) is 10.2 Å². The molecule has 2 N–H and O–H groups in total. The molecule has 0 fully saturated rings. The Balaban J connectivity index is 2.22. The predicted octanol–water partition coefficient (Wildman–Crippen LogP) is 4.46. The lowest BCUT2D eigenvalue weighted by atomic mass is 10.1. The van der Waals surface area contributed by atoms with Gasteiger partial charge in [0, 0.05) is 18.4 Å². The molecule has 2 amide bonds. The van der Waals surface area contributed by atoms with Crippen molar-refractivity contribution in [3.63, 3.8) is 0 Å². The highest BCUT2D eigenvalue weighted by Crippen LogP contribution is 2.27. The van der Waals surface area contributed by atoms with E-state index < -0.39 is 6.09 Å². The van der Waals surface area contributed by atoms with E-state index in [9.17, 15) is 9.59 Å². The van der Waals surface area contributed by atoms with Crippen LogP contribution < -0.4 is 10.6 Å². The molecule has 6 nitrogen and oxygen atoms in total. The Morgan fingerprint density at radius 1 is 1.21 bits per heavy atom. The van der Waals surface area contributed by atoms with Gasteiger partial charge in [-0.05, 0) is 37.6 Å². The molecule has 128 valence electrons. The first-order valence-corrected chi connectivity index (χ1v) is 7.96. The Morgan fingerprint density at radius 3 is 2.38 bits per heavy atom. The van der Waals surface area contributed by atoms with E-state index >= 15 is 0 Å². The third-order valence-corrected chi connectivity index (χ3v) is 4.29. The van der Waals surface area contributed by atoms with Gasteiger partial charge in [-0.15, -0.1) is 0 Å². The summed E-state index contributed by atoms with van der Waals surface area (Å²) >= 11 is 11.9. The summed E-state index contributed by atoms with van der Waals surface area (Å²) in [5.41, 5.74) is 2.13. The van der Waals surface area contributed by atoms with Crippen LogP contribution in [0.25, 0.3) is 0 Å². The van der Waals surface area contributed by atoms with Gasteiger partial charge in [0.15, 0.2) is 0 Å². The number of ether oxygens (including phenoxy) is 1. The van der Waals surface area contributed by atoms with Gasteiger partial charge in [0.25, 0.3) is 5.91 Å². The van der Waals surface area contributed by atoms with Gasteiger partial charge in [0.05, 0.1) is 11.6 Å². The molecule has 0 aliphatic heterocycles. The highest BCUT2D eigenvalue weighted by Gasteiger charge is 2.17. The molecular weight excluding hydrogens is 353 g/mol. The minimum Gasteiger partial charge on any atom is -0.450 e. The third kappa shape index (κ3) is 3.83. The highest BCUT2D eigenvalue weighted by molar-refractivity contribution is 6.42. The zero-order valence-electron chi connectivity index (χ0n) is 13.4. The van der Waals surface area contributed by atoms with Crippen molar-refractivity contribution in [2.75, 3.05) is 17.2 Å². The second-order valence-corrected chi connectivity index (χ2v) is 5.77. The Kier molecular flexibility index (Phi) is 5.75. The van der Waals surface area contributed by atoms with Crippen molar-refractivity contribution in [2.24, 2.45) is 7.05 Å². The second kappa shape index (κ2) is 7.59. The van der Waals surface area contributed by atoms with Gasteiger partial charge >= 0.3 is 6.09 Å². The highest BCUT2D eigenvalue weighted by atomic mass is 35.5. The Morgan fingerprint density at radius 2 is 1.83 bits per heavy atom. The van der Waals surface area contributed by atoms with Crippen LogP contribution in [0.3, 0.4) is 0 Å². The summed E-state index contributed by atoms with van der Waals surface area (Å²) in [5.74, 6) is -0.359. The fourth-order valence-electron chi connectivity index (χ4n) is 2.13. The molecular formula is C16H17Cl2N3O3. The summed E-state index contributed by atoms with van der Waals surface area (Å²) in [4.78, 5) is 24.0.